The third-order valence-corrected chi connectivity index (χ3v) is 2.88. The van der Waals surface area contributed by atoms with Gasteiger partial charge in [-0.3, -0.25) is 0 Å². The summed E-state index contributed by atoms with van der Waals surface area (Å²) < 4.78 is 80.9. The van der Waals surface area contributed by atoms with Crippen LogP contribution in [0.25, 0.3) is 0 Å². The second-order valence-corrected chi connectivity index (χ2v) is 4.47. The van der Waals surface area contributed by atoms with Crippen LogP contribution in [0.4, 0.5) is 26.3 Å². The maximum absolute atomic E-state index is 12.6. The van der Waals surface area contributed by atoms with Gasteiger partial charge in [-0.05, 0) is 31.2 Å². The van der Waals surface area contributed by atoms with E-state index < -0.39 is 35.3 Å². The van der Waals surface area contributed by atoms with E-state index in [-0.39, 0.29) is 6.07 Å². The number of benzene rings is 1. The molecule has 1 aromatic carbocycles. The number of ether oxygens (including phenoxy) is 1. The minimum Gasteiger partial charge on any atom is -0.489 e. The van der Waals surface area contributed by atoms with E-state index in [0.29, 0.717) is 31.6 Å². The standard InChI is InChI=1S/C12H11F6NO/c13-11(14,15)7-3-8(12(16,17)18)5-10(4-7)20-9-1-2-19-6-9/h3-5,9,19H,1-2,6H2/t9-/m1/s1. The Kier molecular flexibility index (Phi) is 3.86. The van der Waals surface area contributed by atoms with E-state index in [4.69, 9.17) is 4.74 Å². The first kappa shape index (κ1) is 15.0. The van der Waals surface area contributed by atoms with Crippen molar-refractivity contribution in [3.63, 3.8) is 0 Å². The minimum absolute atomic E-state index is 0.0831. The summed E-state index contributed by atoms with van der Waals surface area (Å²) in [7, 11) is 0. The maximum Gasteiger partial charge on any atom is 0.416 e. The molecular formula is C12H11F6NO. The monoisotopic (exact) mass is 299 g/mol. The van der Waals surface area contributed by atoms with Crippen molar-refractivity contribution >= 4 is 0 Å². The highest BCUT2D eigenvalue weighted by molar-refractivity contribution is 5.37. The van der Waals surface area contributed by atoms with Gasteiger partial charge >= 0.3 is 12.4 Å². The molecule has 112 valence electrons. The zero-order chi connectivity index (χ0) is 15.0. The predicted molar refractivity (Wildman–Crippen MR) is 58.3 cm³/mol. The van der Waals surface area contributed by atoms with Gasteiger partial charge in [0.15, 0.2) is 0 Å². The zero-order valence-corrected chi connectivity index (χ0v) is 10.1. The average Bonchev–Trinajstić information content (AvgIpc) is 2.79. The van der Waals surface area contributed by atoms with Crippen molar-refractivity contribution in [3.05, 3.63) is 29.3 Å². The topological polar surface area (TPSA) is 21.3 Å². The Labute approximate surface area is 110 Å². The molecule has 2 rings (SSSR count). The van der Waals surface area contributed by atoms with Crippen LogP contribution in [-0.4, -0.2) is 19.2 Å². The molecule has 0 aromatic heterocycles. The van der Waals surface area contributed by atoms with Gasteiger partial charge in [0.25, 0.3) is 0 Å². The van der Waals surface area contributed by atoms with Crippen molar-refractivity contribution in [3.8, 4) is 5.75 Å². The lowest BCUT2D eigenvalue weighted by molar-refractivity contribution is -0.143. The van der Waals surface area contributed by atoms with E-state index in [1.807, 2.05) is 0 Å². The Morgan fingerprint density at radius 3 is 1.90 bits per heavy atom. The molecular weight excluding hydrogens is 288 g/mol. The van der Waals surface area contributed by atoms with Gasteiger partial charge in [-0.25, -0.2) is 0 Å². The van der Waals surface area contributed by atoms with E-state index in [1.165, 1.54) is 0 Å². The lowest BCUT2D eigenvalue weighted by Crippen LogP contribution is -2.20. The van der Waals surface area contributed by atoms with E-state index in [2.05, 4.69) is 5.32 Å². The fraction of sp³-hybridized carbons (Fsp3) is 0.500. The van der Waals surface area contributed by atoms with Gasteiger partial charge < -0.3 is 10.1 Å². The highest BCUT2D eigenvalue weighted by Gasteiger charge is 2.37. The molecule has 1 aliphatic heterocycles. The third kappa shape index (κ3) is 3.56. The fourth-order valence-corrected chi connectivity index (χ4v) is 1.92. The van der Waals surface area contributed by atoms with E-state index >= 15 is 0 Å². The first-order valence-corrected chi connectivity index (χ1v) is 5.83. The van der Waals surface area contributed by atoms with Gasteiger partial charge in [-0.1, -0.05) is 0 Å². The van der Waals surface area contributed by atoms with E-state index in [9.17, 15) is 26.3 Å². The second kappa shape index (κ2) is 5.16. The molecule has 1 heterocycles. The smallest absolute Gasteiger partial charge is 0.416 e. The number of hydrogen-bond donors (Lipinski definition) is 1. The zero-order valence-electron chi connectivity index (χ0n) is 10.1. The number of alkyl halides is 6. The maximum atomic E-state index is 12.6. The molecule has 1 saturated heterocycles. The number of rotatable bonds is 2. The first-order chi connectivity index (χ1) is 9.16. The van der Waals surface area contributed by atoms with Gasteiger partial charge in [0.05, 0.1) is 11.1 Å². The van der Waals surface area contributed by atoms with Gasteiger partial charge in [0.2, 0.25) is 0 Å². The largest absolute Gasteiger partial charge is 0.489 e. The SMILES string of the molecule is FC(F)(F)c1cc(O[C@@H]2CCNC2)cc(C(F)(F)F)c1. The van der Waals surface area contributed by atoms with Crippen molar-refractivity contribution in [2.45, 2.75) is 24.9 Å². The van der Waals surface area contributed by atoms with E-state index in [1.54, 1.807) is 0 Å². The molecule has 1 aliphatic rings. The quantitative estimate of drug-likeness (QED) is 0.844. The van der Waals surface area contributed by atoms with Crippen molar-refractivity contribution in [1.82, 2.24) is 5.32 Å². The van der Waals surface area contributed by atoms with Crippen LogP contribution in [0.3, 0.4) is 0 Å². The molecule has 0 radical (unpaired) electrons. The summed E-state index contributed by atoms with van der Waals surface area (Å²) >= 11 is 0. The molecule has 0 aliphatic carbocycles. The summed E-state index contributed by atoms with van der Waals surface area (Å²) in [6.45, 7) is 1.02. The first-order valence-electron chi connectivity index (χ1n) is 5.83. The molecule has 1 atom stereocenters. The van der Waals surface area contributed by atoms with Crippen LogP contribution >= 0.6 is 0 Å². The minimum atomic E-state index is -4.85. The summed E-state index contributed by atoms with van der Waals surface area (Å²) in [5.41, 5.74) is -2.73. The number of nitrogens with one attached hydrogen (secondary N) is 1. The van der Waals surface area contributed by atoms with Gasteiger partial charge in [-0.15, -0.1) is 0 Å². The Balaban J connectivity index is 2.34. The lowest BCUT2D eigenvalue weighted by atomic mass is 10.1. The van der Waals surface area contributed by atoms with E-state index in [0.717, 1.165) is 0 Å². The van der Waals surface area contributed by atoms with Crippen LogP contribution in [0.15, 0.2) is 18.2 Å². The Bertz CT molecular complexity index is 444. The molecule has 0 bridgehead atoms. The van der Waals surface area contributed by atoms with Crippen LogP contribution < -0.4 is 10.1 Å². The Morgan fingerprint density at radius 2 is 1.50 bits per heavy atom. The normalized spacial score (nSPS) is 20.2. The Morgan fingerprint density at radius 1 is 0.950 bits per heavy atom. The predicted octanol–water partition coefficient (Wildman–Crippen LogP) is 3.46. The van der Waals surface area contributed by atoms with Crippen LogP contribution in [-0.2, 0) is 12.4 Å². The summed E-state index contributed by atoms with van der Waals surface area (Å²) in [6.07, 6.45) is -9.59. The van der Waals surface area contributed by atoms with Crippen LogP contribution in [0.5, 0.6) is 5.75 Å². The molecule has 1 aromatic rings. The molecule has 1 fully saturated rings. The van der Waals surface area contributed by atoms with Crippen molar-refractivity contribution in [1.29, 1.82) is 0 Å². The van der Waals surface area contributed by atoms with Crippen molar-refractivity contribution < 1.29 is 31.1 Å². The third-order valence-electron chi connectivity index (χ3n) is 2.88. The van der Waals surface area contributed by atoms with Crippen molar-refractivity contribution in [2.75, 3.05) is 13.1 Å². The molecule has 0 unspecified atom stereocenters. The summed E-state index contributed by atoms with van der Waals surface area (Å²) in [5, 5.41) is 2.91. The number of halogens is 6. The van der Waals surface area contributed by atoms with Crippen LogP contribution in [0.1, 0.15) is 17.5 Å². The molecule has 0 saturated carbocycles. The molecule has 2 nitrogen and oxygen atoms in total. The highest BCUT2D eigenvalue weighted by atomic mass is 19.4. The summed E-state index contributed by atoms with van der Waals surface area (Å²) in [4.78, 5) is 0. The molecule has 0 amide bonds. The molecule has 8 heteroatoms. The number of hydrogen-bond acceptors (Lipinski definition) is 2. The second-order valence-electron chi connectivity index (χ2n) is 4.47. The molecule has 20 heavy (non-hydrogen) atoms. The molecule has 1 N–H and O–H groups in total. The van der Waals surface area contributed by atoms with Crippen LogP contribution in [0.2, 0.25) is 0 Å². The summed E-state index contributed by atoms with van der Waals surface area (Å²) in [6, 6.07) is 1.26. The lowest BCUT2D eigenvalue weighted by Gasteiger charge is -2.17. The highest BCUT2D eigenvalue weighted by Crippen LogP contribution is 2.38. The average molecular weight is 299 g/mol. The molecule has 0 spiro atoms. The summed E-state index contributed by atoms with van der Waals surface area (Å²) in [5.74, 6) is -0.416. The fourth-order valence-electron chi connectivity index (χ4n) is 1.92. The van der Waals surface area contributed by atoms with Crippen LogP contribution in [0, 0.1) is 0 Å². The van der Waals surface area contributed by atoms with Gasteiger partial charge in [0, 0.05) is 6.54 Å². The Hall–Kier alpha value is -1.44. The van der Waals surface area contributed by atoms with Crippen molar-refractivity contribution in [2.24, 2.45) is 0 Å². The van der Waals surface area contributed by atoms with Gasteiger partial charge in [-0.2, -0.15) is 26.3 Å². The van der Waals surface area contributed by atoms with Gasteiger partial charge in [0.1, 0.15) is 11.9 Å².